The lowest BCUT2D eigenvalue weighted by Crippen LogP contribution is -2.15. The van der Waals surface area contributed by atoms with Crippen LogP contribution in [0, 0.1) is 6.92 Å². The maximum absolute atomic E-state index is 12.6. The smallest absolute Gasteiger partial charge is 0.235 e. The van der Waals surface area contributed by atoms with E-state index in [4.69, 9.17) is 24.0 Å². The zero-order valence-electron chi connectivity index (χ0n) is 18.6. The first-order valence-corrected chi connectivity index (χ1v) is 11.0. The van der Waals surface area contributed by atoms with Crippen molar-refractivity contribution < 1.29 is 23.7 Å². The van der Waals surface area contributed by atoms with Crippen LogP contribution in [0.2, 0.25) is 0 Å². The fourth-order valence-electron chi connectivity index (χ4n) is 3.81. The Hall–Kier alpha value is -3.33. The second kappa shape index (κ2) is 9.04. The number of methoxy groups -OCH3 is 4. The third kappa shape index (κ3) is 3.84. The van der Waals surface area contributed by atoms with Gasteiger partial charge >= 0.3 is 0 Å². The van der Waals surface area contributed by atoms with Crippen LogP contribution in [0.5, 0.6) is 23.0 Å². The van der Waals surface area contributed by atoms with E-state index < -0.39 is 0 Å². The van der Waals surface area contributed by atoms with Gasteiger partial charge in [-0.15, -0.1) is 11.8 Å². The van der Waals surface area contributed by atoms with Crippen LogP contribution in [0.4, 0.5) is 5.82 Å². The molecule has 8 nitrogen and oxygen atoms in total. The maximum atomic E-state index is 12.6. The highest BCUT2D eigenvalue weighted by Gasteiger charge is 2.32. The van der Waals surface area contributed by atoms with Crippen molar-refractivity contribution in [3.63, 3.8) is 0 Å². The summed E-state index contributed by atoms with van der Waals surface area (Å²) in [6.07, 6.45) is 0. The minimum absolute atomic E-state index is 0.0825. The van der Waals surface area contributed by atoms with Gasteiger partial charge in [0.15, 0.2) is 11.5 Å². The van der Waals surface area contributed by atoms with Crippen LogP contribution in [0.3, 0.4) is 0 Å². The number of nitrogens with zero attached hydrogens (tertiary/aromatic N) is 2. The third-order valence-electron chi connectivity index (χ3n) is 5.31. The molecule has 0 saturated heterocycles. The molecule has 1 N–H and O–H groups in total. The number of thioether (sulfide) groups is 1. The molecule has 0 unspecified atom stereocenters. The average molecular weight is 456 g/mol. The van der Waals surface area contributed by atoms with Gasteiger partial charge in [-0.3, -0.25) is 4.79 Å². The first-order valence-electron chi connectivity index (χ1n) is 9.96. The largest absolute Gasteiger partial charge is 0.497 e. The molecule has 1 atom stereocenters. The van der Waals surface area contributed by atoms with Crippen molar-refractivity contribution in [3.8, 4) is 28.7 Å². The predicted molar refractivity (Wildman–Crippen MR) is 124 cm³/mol. The zero-order valence-corrected chi connectivity index (χ0v) is 19.4. The summed E-state index contributed by atoms with van der Waals surface area (Å²) >= 11 is 1.53. The molecule has 0 radical (unpaired) electrons. The second-order valence-electron chi connectivity index (χ2n) is 7.16. The zero-order chi connectivity index (χ0) is 22.8. The van der Waals surface area contributed by atoms with E-state index in [1.54, 1.807) is 33.1 Å². The molecule has 2 aromatic carbocycles. The van der Waals surface area contributed by atoms with Gasteiger partial charge in [0.2, 0.25) is 11.7 Å². The molecule has 0 aliphatic carbocycles. The SMILES string of the molecule is COc1ccc(-n2nc(C)c3c2NC(=O)CS[C@@H]3c2cc(OC)c(OC)c(OC)c2)cc1. The number of carbonyl (C=O) groups is 1. The van der Waals surface area contributed by atoms with Crippen molar-refractivity contribution in [1.82, 2.24) is 9.78 Å². The van der Waals surface area contributed by atoms with E-state index in [9.17, 15) is 4.79 Å². The Kier molecular flexibility index (Phi) is 6.18. The third-order valence-corrected chi connectivity index (χ3v) is 6.58. The summed E-state index contributed by atoms with van der Waals surface area (Å²) in [5.41, 5.74) is 3.51. The molecule has 0 bridgehead atoms. The van der Waals surface area contributed by atoms with Crippen molar-refractivity contribution in [2.24, 2.45) is 0 Å². The summed E-state index contributed by atoms with van der Waals surface area (Å²) in [7, 11) is 6.37. The lowest BCUT2D eigenvalue weighted by Gasteiger charge is -2.19. The minimum Gasteiger partial charge on any atom is -0.497 e. The summed E-state index contributed by atoms with van der Waals surface area (Å²) in [6.45, 7) is 1.95. The number of anilines is 1. The van der Waals surface area contributed by atoms with E-state index in [0.29, 0.717) is 28.8 Å². The average Bonchev–Trinajstić information content (AvgIpc) is 3.02. The molecule has 0 fully saturated rings. The molecule has 1 aliphatic heterocycles. The highest BCUT2D eigenvalue weighted by molar-refractivity contribution is 8.00. The molecular formula is C23H25N3O5S. The molecule has 168 valence electrons. The van der Waals surface area contributed by atoms with Crippen molar-refractivity contribution in [1.29, 1.82) is 0 Å². The molecular weight excluding hydrogens is 430 g/mol. The number of carbonyl (C=O) groups excluding carboxylic acids is 1. The molecule has 2 heterocycles. The van der Waals surface area contributed by atoms with Crippen LogP contribution in [0.25, 0.3) is 5.69 Å². The van der Waals surface area contributed by atoms with E-state index in [2.05, 4.69) is 5.32 Å². The van der Waals surface area contributed by atoms with Gasteiger partial charge in [-0.2, -0.15) is 5.10 Å². The van der Waals surface area contributed by atoms with Crippen LogP contribution in [0.1, 0.15) is 22.1 Å². The number of aromatic nitrogens is 2. The topological polar surface area (TPSA) is 83.8 Å². The van der Waals surface area contributed by atoms with Gasteiger partial charge in [0.1, 0.15) is 11.6 Å². The molecule has 3 aromatic rings. The number of fused-ring (bicyclic) bond motifs is 1. The Labute approximate surface area is 190 Å². The molecule has 1 amide bonds. The van der Waals surface area contributed by atoms with Crippen molar-refractivity contribution in [3.05, 3.63) is 53.2 Å². The Balaban J connectivity index is 1.87. The van der Waals surface area contributed by atoms with Crippen molar-refractivity contribution in [2.45, 2.75) is 12.2 Å². The summed E-state index contributed by atoms with van der Waals surface area (Å²) < 4.78 is 23.6. The number of hydrogen-bond donors (Lipinski definition) is 1. The van der Waals surface area contributed by atoms with E-state index in [1.807, 2.05) is 43.3 Å². The Morgan fingerprint density at radius 3 is 2.22 bits per heavy atom. The van der Waals surface area contributed by atoms with Gasteiger partial charge in [0, 0.05) is 5.56 Å². The fourth-order valence-corrected chi connectivity index (χ4v) is 4.98. The fraction of sp³-hybridized carbons (Fsp3) is 0.304. The first-order chi connectivity index (χ1) is 15.5. The van der Waals surface area contributed by atoms with E-state index >= 15 is 0 Å². The summed E-state index contributed by atoms with van der Waals surface area (Å²) in [6, 6.07) is 11.4. The number of benzene rings is 2. The predicted octanol–water partition coefficient (Wildman–Crippen LogP) is 3.99. The normalized spacial score (nSPS) is 15.4. The van der Waals surface area contributed by atoms with Gasteiger partial charge < -0.3 is 24.3 Å². The molecule has 32 heavy (non-hydrogen) atoms. The van der Waals surface area contributed by atoms with Gasteiger partial charge in [-0.1, -0.05) is 0 Å². The standard InChI is InChI=1S/C23H25N3O5S/c1-13-20-22(14-10-17(29-3)21(31-5)18(11-14)30-4)32-12-19(27)24-23(20)26(25-13)15-6-8-16(28-2)9-7-15/h6-11,22H,12H2,1-5H3,(H,24,27)/t22-/m1/s1. The summed E-state index contributed by atoms with van der Waals surface area (Å²) in [5, 5.41) is 7.63. The Bertz CT molecular complexity index is 1120. The van der Waals surface area contributed by atoms with E-state index in [0.717, 1.165) is 28.3 Å². The molecule has 0 saturated carbocycles. The molecule has 0 spiro atoms. The maximum Gasteiger partial charge on any atom is 0.235 e. The lowest BCUT2D eigenvalue weighted by molar-refractivity contribution is -0.113. The molecule has 1 aliphatic rings. The van der Waals surface area contributed by atoms with Crippen molar-refractivity contribution >= 4 is 23.5 Å². The molecule has 9 heteroatoms. The number of nitrogens with one attached hydrogen (secondary N) is 1. The highest BCUT2D eigenvalue weighted by atomic mass is 32.2. The summed E-state index contributed by atoms with van der Waals surface area (Å²) in [5.74, 6) is 3.27. The minimum atomic E-state index is -0.162. The Morgan fingerprint density at radius 1 is 1.00 bits per heavy atom. The number of amides is 1. The van der Waals surface area contributed by atoms with Gasteiger partial charge in [0.25, 0.3) is 0 Å². The highest BCUT2D eigenvalue weighted by Crippen LogP contribution is 2.48. The van der Waals surface area contributed by atoms with E-state index in [1.165, 1.54) is 11.8 Å². The number of aryl methyl sites for hydroxylation is 1. The second-order valence-corrected chi connectivity index (χ2v) is 8.25. The molecule has 4 rings (SSSR count). The van der Waals surface area contributed by atoms with Crippen LogP contribution < -0.4 is 24.3 Å². The van der Waals surface area contributed by atoms with Crippen LogP contribution in [-0.2, 0) is 4.79 Å². The van der Waals surface area contributed by atoms with Crippen molar-refractivity contribution in [2.75, 3.05) is 39.5 Å². The van der Waals surface area contributed by atoms with Gasteiger partial charge in [-0.25, -0.2) is 4.68 Å². The quantitative estimate of drug-likeness (QED) is 0.602. The Morgan fingerprint density at radius 2 is 1.66 bits per heavy atom. The van der Waals surface area contributed by atoms with Gasteiger partial charge in [0.05, 0.1) is 50.8 Å². The first kappa shape index (κ1) is 21.9. The lowest BCUT2D eigenvalue weighted by atomic mass is 10.0. The number of ether oxygens (including phenoxy) is 4. The van der Waals surface area contributed by atoms with Crippen LogP contribution >= 0.6 is 11.8 Å². The number of rotatable bonds is 6. The number of hydrogen-bond acceptors (Lipinski definition) is 7. The molecule has 1 aromatic heterocycles. The van der Waals surface area contributed by atoms with Crippen LogP contribution in [0.15, 0.2) is 36.4 Å². The van der Waals surface area contributed by atoms with E-state index in [-0.39, 0.29) is 11.2 Å². The van der Waals surface area contributed by atoms with Crippen LogP contribution in [-0.4, -0.2) is 49.9 Å². The van der Waals surface area contributed by atoms with Gasteiger partial charge in [-0.05, 0) is 48.9 Å². The summed E-state index contributed by atoms with van der Waals surface area (Å²) in [4.78, 5) is 12.6. The monoisotopic (exact) mass is 455 g/mol.